The van der Waals surface area contributed by atoms with E-state index in [0.717, 1.165) is 16.7 Å². The van der Waals surface area contributed by atoms with E-state index in [9.17, 15) is 10.1 Å². The molecule has 0 aliphatic rings. The van der Waals surface area contributed by atoms with Crippen LogP contribution in [0.5, 0.6) is 0 Å². The SMILES string of the molecule is Cc1cc(C)c(C(=O)C(C#N)c2ccccc2Cl)c(C)c1. The molecule has 0 saturated heterocycles. The Hall–Kier alpha value is -2.11. The first-order valence-corrected chi connectivity index (χ1v) is 7.09. The summed E-state index contributed by atoms with van der Waals surface area (Å²) in [4.78, 5) is 12.8. The Balaban J connectivity index is 2.53. The van der Waals surface area contributed by atoms with Gasteiger partial charge in [-0.1, -0.05) is 47.5 Å². The molecule has 0 radical (unpaired) electrons. The number of Topliss-reactive ketones (excluding diaryl/α,β-unsaturated/α-hetero) is 1. The number of hydrogen-bond donors (Lipinski definition) is 0. The van der Waals surface area contributed by atoms with Crippen molar-refractivity contribution < 1.29 is 4.79 Å². The average molecular weight is 298 g/mol. The highest BCUT2D eigenvalue weighted by Crippen LogP contribution is 2.29. The van der Waals surface area contributed by atoms with Gasteiger partial charge in [0.25, 0.3) is 0 Å². The van der Waals surface area contributed by atoms with Gasteiger partial charge in [-0.3, -0.25) is 4.79 Å². The quantitative estimate of drug-likeness (QED) is 0.767. The van der Waals surface area contributed by atoms with Gasteiger partial charge in [0, 0.05) is 10.6 Å². The second kappa shape index (κ2) is 6.11. The summed E-state index contributed by atoms with van der Waals surface area (Å²) >= 11 is 6.13. The van der Waals surface area contributed by atoms with Crippen LogP contribution in [-0.2, 0) is 0 Å². The monoisotopic (exact) mass is 297 g/mol. The molecule has 2 nitrogen and oxygen atoms in total. The van der Waals surface area contributed by atoms with E-state index in [1.54, 1.807) is 24.3 Å². The molecule has 0 heterocycles. The van der Waals surface area contributed by atoms with Gasteiger partial charge in [-0.15, -0.1) is 0 Å². The lowest BCUT2D eigenvalue weighted by Crippen LogP contribution is -2.15. The molecule has 106 valence electrons. The number of carbonyl (C=O) groups excluding carboxylic acids is 1. The van der Waals surface area contributed by atoms with Gasteiger partial charge in [0.1, 0.15) is 5.92 Å². The third-order valence-electron chi connectivity index (χ3n) is 3.53. The number of nitriles is 1. The summed E-state index contributed by atoms with van der Waals surface area (Å²) in [7, 11) is 0. The normalized spacial score (nSPS) is 11.8. The smallest absolute Gasteiger partial charge is 0.185 e. The zero-order valence-corrected chi connectivity index (χ0v) is 13.0. The van der Waals surface area contributed by atoms with Gasteiger partial charge in [-0.2, -0.15) is 5.26 Å². The molecule has 0 fully saturated rings. The average Bonchev–Trinajstić information content (AvgIpc) is 2.40. The van der Waals surface area contributed by atoms with E-state index in [-0.39, 0.29) is 5.78 Å². The maximum Gasteiger partial charge on any atom is 0.185 e. The van der Waals surface area contributed by atoms with Crippen molar-refractivity contribution in [2.45, 2.75) is 26.7 Å². The first-order chi connectivity index (χ1) is 9.95. The maximum absolute atomic E-state index is 12.8. The third-order valence-corrected chi connectivity index (χ3v) is 3.88. The van der Waals surface area contributed by atoms with Crippen molar-refractivity contribution >= 4 is 17.4 Å². The molecule has 0 saturated carbocycles. The predicted octanol–water partition coefficient (Wildman–Crippen LogP) is 4.76. The van der Waals surface area contributed by atoms with Gasteiger partial charge in [-0.25, -0.2) is 0 Å². The summed E-state index contributed by atoms with van der Waals surface area (Å²) in [6.45, 7) is 5.78. The second-order valence-corrected chi connectivity index (χ2v) is 5.63. The van der Waals surface area contributed by atoms with E-state index in [4.69, 9.17) is 11.6 Å². The van der Waals surface area contributed by atoms with E-state index < -0.39 is 5.92 Å². The van der Waals surface area contributed by atoms with Crippen LogP contribution in [-0.4, -0.2) is 5.78 Å². The highest BCUT2D eigenvalue weighted by molar-refractivity contribution is 6.31. The number of rotatable bonds is 3. The van der Waals surface area contributed by atoms with Crippen LogP contribution in [0.15, 0.2) is 36.4 Å². The minimum atomic E-state index is -0.876. The molecule has 2 rings (SSSR count). The molecule has 0 aromatic heterocycles. The lowest BCUT2D eigenvalue weighted by atomic mass is 9.87. The van der Waals surface area contributed by atoms with E-state index in [0.29, 0.717) is 16.1 Å². The first-order valence-electron chi connectivity index (χ1n) is 6.71. The van der Waals surface area contributed by atoms with Gasteiger partial charge < -0.3 is 0 Å². The molecule has 0 aliphatic carbocycles. The number of benzene rings is 2. The zero-order valence-electron chi connectivity index (χ0n) is 12.3. The van der Waals surface area contributed by atoms with Crippen molar-refractivity contribution in [3.8, 4) is 6.07 Å². The molecule has 0 spiro atoms. The lowest BCUT2D eigenvalue weighted by Gasteiger charge is -2.15. The highest BCUT2D eigenvalue weighted by Gasteiger charge is 2.26. The fourth-order valence-electron chi connectivity index (χ4n) is 2.69. The van der Waals surface area contributed by atoms with E-state index in [1.165, 1.54) is 0 Å². The lowest BCUT2D eigenvalue weighted by molar-refractivity contribution is 0.0977. The molecule has 2 aromatic carbocycles. The van der Waals surface area contributed by atoms with Crippen LogP contribution in [0.25, 0.3) is 0 Å². The molecule has 2 aromatic rings. The zero-order chi connectivity index (χ0) is 15.6. The summed E-state index contributed by atoms with van der Waals surface area (Å²) < 4.78 is 0. The summed E-state index contributed by atoms with van der Waals surface area (Å²) in [6.07, 6.45) is 0. The van der Waals surface area contributed by atoms with E-state index in [1.807, 2.05) is 32.9 Å². The van der Waals surface area contributed by atoms with E-state index >= 15 is 0 Å². The van der Waals surface area contributed by atoms with Gasteiger partial charge >= 0.3 is 0 Å². The van der Waals surface area contributed by atoms with Crippen LogP contribution in [0.2, 0.25) is 5.02 Å². The van der Waals surface area contributed by atoms with Crippen molar-refractivity contribution in [2.75, 3.05) is 0 Å². The number of nitrogens with zero attached hydrogens (tertiary/aromatic N) is 1. The fourth-order valence-corrected chi connectivity index (χ4v) is 2.94. The van der Waals surface area contributed by atoms with Crippen LogP contribution < -0.4 is 0 Å². The first kappa shape index (κ1) is 15.3. The van der Waals surface area contributed by atoms with Gasteiger partial charge in [0.05, 0.1) is 6.07 Å². The highest BCUT2D eigenvalue weighted by atomic mass is 35.5. The molecular formula is C18H16ClNO. The maximum atomic E-state index is 12.8. The molecule has 0 bridgehead atoms. The van der Waals surface area contributed by atoms with Crippen molar-refractivity contribution in [1.82, 2.24) is 0 Å². The van der Waals surface area contributed by atoms with Crippen molar-refractivity contribution in [1.29, 1.82) is 5.26 Å². The predicted molar refractivity (Wildman–Crippen MR) is 84.8 cm³/mol. The Kier molecular flexibility index (Phi) is 4.45. The van der Waals surface area contributed by atoms with Gasteiger partial charge in [-0.05, 0) is 43.5 Å². The summed E-state index contributed by atoms with van der Waals surface area (Å²) in [5.74, 6) is -1.07. The molecular weight excluding hydrogens is 282 g/mol. The van der Waals surface area contributed by atoms with Crippen molar-refractivity contribution in [3.05, 3.63) is 69.2 Å². The number of hydrogen-bond acceptors (Lipinski definition) is 2. The largest absolute Gasteiger partial charge is 0.292 e. The van der Waals surface area contributed by atoms with Crippen LogP contribution in [0, 0.1) is 32.1 Å². The number of ketones is 1. The minimum absolute atomic E-state index is 0.194. The van der Waals surface area contributed by atoms with Gasteiger partial charge in [0.2, 0.25) is 0 Å². The van der Waals surface area contributed by atoms with Crippen molar-refractivity contribution in [3.63, 3.8) is 0 Å². The van der Waals surface area contributed by atoms with E-state index in [2.05, 4.69) is 6.07 Å². The molecule has 0 amide bonds. The number of carbonyl (C=O) groups is 1. The Labute approximate surface area is 130 Å². The van der Waals surface area contributed by atoms with Crippen LogP contribution in [0.1, 0.15) is 38.5 Å². The summed E-state index contributed by atoms with van der Waals surface area (Å²) in [6, 6.07) is 13.0. The van der Waals surface area contributed by atoms with Crippen LogP contribution in [0.3, 0.4) is 0 Å². The molecule has 21 heavy (non-hydrogen) atoms. The Morgan fingerprint density at radius 3 is 2.24 bits per heavy atom. The third kappa shape index (κ3) is 2.99. The molecule has 0 aliphatic heterocycles. The number of halogens is 1. The second-order valence-electron chi connectivity index (χ2n) is 5.22. The minimum Gasteiger partial charge on any atom is -0.292 e. The molecule has 3 heteroatoms. The van der Waals surface area contributed by atoms with Gasteiger partial charge in [0.15, 0.2) is 5.78 Å². The standard InChI is InChI=1S/C18H16ClNO/c1-11-8-12(2)17(13(3)9-11)18(21)15(10-20)14-6-4-5-7-16(14)19/h4-9,15H,1-3H3. The summed E-state index contributed by atoms with van der Waals surface area (Å²) in [5, 5.41) is 9.89. The van der Waals surface area contributed by atoms with Crippen LogP contribution in [0.4, 0.5) is 0 Å². The Morgan fingerprint density at radius 2 is 1.71 bits per heavy atom. The molecule has 1 unspecified atom stereocenters. The van der Waals surface area contributed by atoms with Crippen molar-refractivity contribution in [2.24, 2.45) is 0 Å². The Morgan fingerprint density at radius 1 is 1.14 bits per heavy atom. The molecule has 0 N–H and O–H groups in total. The number of aryl methyl sites for hydroxylation is 3. The van der Waals surface area contributed by atoms with Crippen LogP contribution >= 0.6 is 11.6 Å². The summed E-state index contributed by atoms with van der Waals surface area (Å²) in [5.41, 5.74) is 4.07. The molecule has 1 atom stereocenters. The Bertz CT molecular complexity index is 720. The topological polar surface area (TPSA) is 40.9 Å². The fraction of sp³-hybridized carbons (Fsp3) is 0.222.